The highest BCUT2D eigenvalue weighted by Gasteiger charge is 2.23. The van der Waals surface area contributed by atoms with Gasteiger partial charge in [-0.1, -0.05) is 43.5 Å². The molecule has 0 amide bonds. The van der Waals surface area contributed by atoms with E-state index in [0.29, 0.717) is 12.0 Å². The largest absolute Gasteiger partial charge is 0.313 e. The highest BCUT2D eigenvalue weighted by molar-refractivity contribution is 6.30. The van der Waals surface area contributed by atoms with Crippen molar-refractivity contribution in [3.05, 3.63) is 34.9 Å². The van der Waals surface area contributed by atoms with Gasteiger partial charge in [-0.25, -0.2) is 0 Å². The average molecular weight is 288 g/mol. The molecule has 1 saturated heterocycles. The van der Waals surface area contributed by atoms with Gasteiger partial charge in [-0.15, -0.1) is 12.4 Å². The van der Waals surface area contributed by atoms with Crippen LogP contribution in [0.25, 0.3) is 0 Å². The first-order chi connectivity index (χ1) is 8.31. The number of benzene rings is 1. The molecule has 1 nitrogen and oxygen atoms in total. The van der Waals surface area contributed by atoms with Crippen LogP contribution < -0.4 is 5.32 Å². The van der Waals surface area contributed by atoms with Crippen LogP contribution in [0.15, 0.2) is 24.3 Å². The van der Waals surface area contributed by atoms with Crippen molar-refractivity contribution in [3.8, 4) is 0 Å². The molecule has 1 aromatic carbocycles. The molecule has 0 bridgehead atoms. The molecular weight excluding hydrogens is 265 g/mol. The topological polar surface area (TPSA) is 12.0 Å². The summed E-state index contributed by atoms with van der Waals surface area (Å²) in [5, 5.41) is 4.52. The van der Waals surface area contributed by atoms with E-state index in [1.54, 1.807) is 0 Å². The fraction of sp³-hybridized carbons (Fsp3) is 0.600. The molecule has 0 aromatic heterocycles. The van der Waals surface area contributed by atoms with Crippen molar-refractivity contribution in [3.63, 3.8) is 0 Å². The number of hydrogen-bond donors (Lipinski definition) is 1. The third-order valence-corrected chi connectivity index (χ3v) is 3.98. The molecule has 2 rings (SSSR count). The normalized spacial score (nSPS) is 21.1. The summed E-state index contributed by atoms with van der Waals surface area (Å²) in [5.41, 5.74) is 1.44. The highest BCUT2D eigenvalue weighted by Crippen LogP contribution is 2.30. The molecule has 0 spiro atoms. The van der Waals surface area contributed by atoms with Crippen LogP contribution in [-0.2, 0) is 0 Å². The fourth-order valence-corrected chi connectivity index (χ4v) is 2.97. The van der Waals surface area contributed by atoms with Crippen molar-refractivity contribution in [2.24, 2.45) is 0 Å². The van der Waals surface area contributed by atoms with Crippen LogP contribution in [0, 0.1) is 0 Å². The number of hydrogen-bond acceptors (Lipinski definition) is 1. The van der Waals surface area contributed by atoms with Gasteiger partial charge in [0.05, 0.1) is 0 Å². The molecule has 102 valence electrons. The molecule has 1 fully saturated rings. The predicted molar refractivity (Wildman–Crippen MR) is 82.0 cm³/mol. The molecular formula is C15H23Cl2N. The number of nitrogens with one attached hydrogen (secondary N) is 1. The Morgan fingerprint density at radius 2 is 2.00 bits per heavy atom. The molecule has 18 heavy (non-hydrogen) atoms. The molecule has 2 atom stereocenters. The standard InChI is InChI=1S/C15H22ClN.ClH/c1-2-5-14(15-6-3-4-11-17-15)12-7-9-13(16)10-8-12;/h7-10,14-15,17H,2-6,11H2,1H3;1H. The van der Waals surface area contributed by atoms with E-state index in [0.717, 1.165) is 5.02 Å². The molecule has 1 aromatic rings. The van der Waals surface area contributed by atoms with Gasteiger partial charge in [0.1, 0.15) is 0 Å². The Bertz CT molecular complexity index is 331. The van der Waals surface area contributed by atoms with Crippen molar-refractivity contribution >= 4 is 24.0 Å². The Balaban J connectivity index is 0.00000162. The third kappa shape index (κ3) is 4.15. The third-order valence-electron chi connectivity index (χ3n) is 3.73. The average Bonchev–Trinajstić information content (AvgIpc) is 2.38. The van der Waals surface area contributed by atoms with Crippen LogP contribution in [0.3, 0.4) is 0 Å². The van der Waals surface area contributed by atoms with Gasteiger partial charge in [0.15, 0.2) is 0 Å². The quantitative estimate of drug-likeness (QED) is 0.840. The summed E-state index contributed by atoms with van der Waals surface area (Å²) in [6, 6.07) is 9.08. The molecule has 1 aliphatic heterocycles. The van der Waals surface area contributed by atoms with Crippen molar-refractivity contribution in [2.75, 3.05) is 6.54 Å². The van der Waals surface area contributed by atoms with Gasteiger partial charge in [0.2, 0.25) is 0 Å². The Hall–Kier alpha value is -0.240. The molecule has 1 heterocycles. The summed E-state index contributed by atoms with van der Waals surface area (Å²) >= 11 is 5.96. The molecule has 0 saturated carbocycles. The van der Waals surface area contributed by atoms with Crippen LogP contribution in [0.5, 0.6) is 0 Å². The van der Waals surface area contributed by atoms with Crippen molar-refractivity contribution in [1.29, 1.82) is 0 Å². The Kier molecular flexibility index (Phi) is 7.06. The number of rotatable bonds is 4. The van der Waals surface area contributed by atoms with Crippen LogP contribution in [-0.4, -0.2) is 12.6 Å². The summed E-state index contributed by atoms with van der Waals surface area (Å²) in [7, 11) is 0. The Labute approximate surface area is 122 Å². The van der Waals surface area contributed by atoms with E-state index >= 15 is 0 Å². The lowest BCUT2D eigenvalue weighted by atomic mass is 9.83. The Morgan fingerprint density at radius 3 is 2.56 bits per heavy atom. The fourth-order valence-electron chi connectivity index (χ4n) is 2.84. The first-order valence-corrected chi connectivity index (χ1v) is 7.18. The zero-order valence-corrected chi connectivity index (χ0v) is 12.6. The molecule has 0 radical (unpaired) electrons. The molecule has 1 N–H and O–H groups in total. The summed E-state index contributed by atoms with van der Waals surface area (Å²) in [6.07, 6.45) is 6.51. The second kappa shape index (κ2) is 8.04. The maximum atomic E-state index is 5.96. The molecule has 1 aliphatic rings. The van der Waals surface area contributed by atoms with Crippen LogP contribution >= 0.6 is 24.0 Å². The zero-order valence-electron chi connectivity index (χ0n) is 11.0. The second-order valence-corrected chi connectivity index (χ2v) is 5.44. The lowest BCUT2D eigenvalue weighted by Gasteiger charge is -2.31. The summed E-state index contributed by atoms with van der Waals surface area (Å²) < 4.78 is 0. The maximum Gasteiger partial charge on any atom is 0.0406 e. The first kappa shape index (κ1) is 15.8. The van der Waals surface area contributed by atoms with Gasteiger partial charge >= 0.3 is 0 Å². The Morgan fingerprint density at radius 1 is 1.28 bits per heavy atom. The lowest BCUT2D eigenvalue weighted by Crippen LogP contribution is -2.38. The van der Waals surface area contributed by atoms with Gasteiger partial charge in [-0.2, -0.15) is 0 Å². The van der Waals surface area contributed by atoms with E-state index < -0.39 is 0 Å². The van der Waals surface area contributed by atoms with Crippen LogP contribution in [0.2, 0.25) is 5.02 Å². The minimum Gasteiger partial charge on any atom is -0.313 e. The van der Waals surface area contributed by atoms with Crippen LogP contribution in [0.4, 0.5) is 0 Å². The number of piperidine rings is 1. The predicted octanol–water partition coefficient (Wildman–Crippen LogP) is 4.79. The van der Waals surface area contributed by atoms with Crippen molar-refractivity contribution < 1.29 is 0 Å². The highest BCUT2D eigenvalue weighted by atomic mass is 35.5. The van der Waals surface area contributed by atoms with Gasteiger partial charge < -0.3 is 5.32 Å². The first-order valence-electron chi connectivity index (χ1n) is 6.80. The lowest BCUT2D eigenvalue weighted by molar-refractivity contribution is 0.337. The zero-order chi connectivity index (χ0) is 12.1. The minimum atomic E-state index is 0. The van der Waals surface area contributed by atoms with Crippen LogP contribution in [0.1, 0.15) is 50.5 Å². The summed E-state index contributed by atoms with van der Waals surface area (Å²) in [4.78, 5) is 0. The number of halogens is 2. The summed E-state index contributed by atoms with van der Waals surface area (Å²) in [5.74, 6) is 0.651. The maximum absolute atomic E-state index is 5.96. The van der Waals surface area contributed by atoms with E-state index in [2.05, 4.69) is 24.4 Å². The van der Waals surface area contributed by atoms with E-state index in [1.165, 1.54) is 44.2 Å². The minimum absolute atomic E-state index is 0. The SMILES string of the molecule is CCCC(c1ccc(Cl)cc1)C1CCCCN1.Cl. The molecule has 2 unspecified atom stereocenters. The van der Waals surface area contributed by atoms with Gasteiger partial charge in [-0.3, -0.25) is 0 Å². The molecule has 3 heteroatoms. The van der Waals surface area contributed by atoms with Gasteiger partial charge in [0.25, 0.3) is 0 Å². The summed E-state index contributed by atoms with van der Waals surface area (Å²) in [6.45, 7) is 3.45. The molecule has 0 aliphatic carbocycles. The van der Waals surface area contributed by atoms with Gasteiger partial charge in [0, 0.05) is 11.1 Å². The smallest absolute Gasteiger partial charge is 0.0406 e. The van der Waals surface area contributed by atoms with E-state index in [-0.39, 0.29) is 12.4 Å². The van der Waals surface area contributed by atoms with E-state index in [4.69, 9.17) is 11.6 Å². The van der Waals surface area contributed by atoms with Crippen molar-refractivity contribution in [2.45, 2.75) is 51.0 Å². The van der Waals surface area contributed by atoms with Gasteiger partial charge in [-0.05, 0) is 49.4 Å². The monoisotopic (exact) mass is 287 g/mol. The second-order valence-electron chi connectivity index (χ2n) is 5.00. The van der Waals surface area contributed by atoms with E-state index in [1.807, 2.05) is 12.1 Å². The van der Waals surface area contributed by atoms with Crippen molar-refractivity contribution in [1.82, 2.24) is 5.32 Å². The van der Waals surface area contributed by atoms with E-state index in [9.17, 15) is 0 Å².